The number of benzene rings is 4. The van der Waals surface area contributed by atoms with Crippen molar-refractivity contribution < 1.29 is 19.1 Å². The summed E-state index contributed by atoms with van der Waals surface area (Å²) < 4.78 is 11.4. The van der Waals surface area contributed by atoms with E-state index in [1.807, 2.05) is 67.6 Å². The minimum absolute atomic E-state index is 0.198. The number of allylic oxidation sites excluding steroid dienone is 1. The van der Waals surface area contributed by atoms with Crippen LogP contribution in [0.4, 0.5) is 0 Å². The molecule has 0 fully saturated rings. The Morgan fingerprint density at radius 2 is 1.67 bits per heavy atom. The molecule has 0 aromatic heterocycles. The summed E-state index contributed by atoms with van der Waals surface area (Å²) in [7, 11) is 0. The minimum atomic E-state index is -0.476. The zero-order valence-corrected chi connectivity index (χ0v) is 19.9. The molecule has 4 aromatic rings. The third-order valence-electron chi connectivity index (χ3n) is 5.50. The highest BCUT2D eigenvalue weighted by molar-refractivity contribution is 6.04. The quantitative estimate of drug-likeness (QED) is 0.111. The van der Waals surface area contributed by atoms with Crippen LogP contribution in [0.5, 0.6) is 11.5 Å². The van der Waals surface area contributed by atoms with E-state index in [-0.39, 0.29) is 6.61 Å². The Morgan fingerprint density at radius 3 is 2.47 bits per heavy atom. The zero-order chi connectivity index (χ0) is 25.3. The highest BCUT2D eigenvalue weighted by Crippen LogP contribution is 2.27. The molecule has 0 bridgehead atoms. The SMILES string of the molecule is C=CCc1ccccc1OCC(=O)N/N=C\c1c(OC(=O)c2ccc(C)cc2)ccc2ccccc12. The Balaban J connectivity index is 1.49. The van der Waals surface area contributed by atoms with E-state index >= 15 is 0 Å². The molecule has 6 nitrogen and oxygen atoms in total. The number of rotatable bonds is 9. The van der Waals surface area contributed by atoms with Crippen molar-refractivity contribution in [2.75, 3.05) is 6.61 Å². The van der Waals surface area contributed by atoms with Crippen LogP contribution in [0.2, 0.25) is 0 Å². The molecule has 36 heavy (non-hydrogen) atoms. The van der Waals surface area contributed by atoms with Gasteiger partial charge < -0.3 is 9.47 Å². The smallest absolute Gasteiger partial charge is 0.343 e. The fourth-order valence-corrected chi connectivity index (χ4v) is 3.66. The van der Waals surface area contributed by atoms with E-state index in [1.54, 1.807) is 30.3 Å². The number of carbonyl (C=O) groups is 2. The van der Waals surface area contributed by atoms with E-state index in [1.165, 1.54) is 6.21 Å². The predicted molar refractivity (Wildman–Crippen MR) is 142 cm³/mol. The number of esters is 1. The monoisotopic (exact) mass is 478 g/mol. The van der Waals surface area contributed by atoms with Gasteiger partial charge in [-0.3, -0.25) is 4.79 Å². The largest absolute Gasteiger partial charge is 0.483 e. The van der Waals surface area contributed by atoms with Gasteiger partial charge in [-0.15, -0.1) is 6.58 Å². The molecule has 0 aliphatic carbocycles. The topological polar surface area (TPSA) is 77.0 Å². The predicted octanol–water partition coefficient (Wildman–Crippen LogP) is 5.63. The lowest BCUT2D eigenvalue weighted by Gasteiger charge is -2.11. The van der Waals surface area contributed by atoms with Crippen molar-refractivity contribution in [2.24, 2.45) is 5.10 Å². The molecule has 0 unspecified atom stereocenters. The van der Waals surface area contributed by atoms with Crippen LogP contribution in [0.1, 0.15) is 27.0 Å². The Bertz CT molecular complexity index is 1420. The number of hydrogen-bond donors (Lipinski definition) is 1. The summed E-state index contributed by atoms with van der Waals surface area (Å²) >= 11 is 0. The summed E-state index contributed by atoms with van der Waals surface area (Å²) in [6.07, 6.45) is 3.89. The standard InChI is InChI=1S/C30H26N2O4/c1-3-8-23-10-5-7-12-27(23)35-20-29(33)32-31-19-26-25-11-6-4-9-22(25)17-18-28(26)36-30(34)24-15-13-21(2)14-16-24/h3-7,9-19H,1,8,20H2,2H3,(H,32,33)/b31-19-. The van der Waals surface area contributed by atoms with Crippen molar-refractivity contribution in [3.63, 3.8) is 0 Å². The molecule has 180 valence electrons. The Morgan fingerprint density at radius 1 is 0.917 bits per heavy atom. The second-order valence-electron chi connectivity index (χ2n) is 8.14. The number of nitrogens with zero attached hydrogens (tertiary/aromatic N) is 1. The molecule has 0 saturated heterocycles. The van der Waals surface area contributed by atoms with Crippen LogP contribution in [0.15, 0.2) is 103 Å². The molecule has 4 aromatic carbocycles. The van der Waals surface area contributed by atoms with Crippen molar-refractivity contribution in [1.29, 1.82) is 0 Å². The molecular formula is C30H26N2O4. The molecule has 0 atom stereocenters. The van der Waals surface area contributed by atoms with E-state index in [0.717, 1.165) is 21.9 Å². The molecule has 0 aliphatic heterocycles. The van der Waals surface area contributed by atoms with Gasteiger partial charge in [0.05, 0.1) is 11.8 Å². The van der Waals surface area contributed by atoms with Gasteiger partial charge in [0.2, 0.25) is 0 Å². The van der Waals surface area contributed by atoms with Crippen molar-refractivity contribution in [3.05, 3.63) is 120 Å². The van der Waals surface area contributed by atoms with Gasteiger partial charge in [0.1, 0.15) is 11.5 Å². The average molecular weight is 479 g/mol. The van der Waals surface area contributed by atoms with E-state index in [9.17, 15) is 9.59 Å². The maximum Gasteiger partial charge on any atom is 0.343 e. The van der Waals surface area contributed by atoms with Crippen molar-refractivity contribution in [1.82, 2.24) is 5.43 Å². The first-order chi connectivity index (χ1) is 17.5. The van der Waals surface area contributed by atoms with E-state index in [2.05, 4.69) is 17.1 Å². The molecular weight excluding hydrogens is 452 g/mol. The Labute approximate surface area is 209 Å². The van der Waals surface area contributed by atoms with Gasteiger partial charge >= 0.3 is 5.97 Å². The fraction of sp³-hybridized carbons (Fsp3) is 0.100. The van der Waals surface area contributed by atoms with Gasteiger partial charge in [0, 0.05) is 5.56 Å². The number of amides is 1. The number of carbonyl (C=O) groups excluding carboxylic acids is 2. The normalized spacial score (nSPS) is 10.8. The van der Waals surface area contributed by atoms with Crippen LogP contribution in [0, 0.1) is 6.92 Å². The molecule has 0 radical (unpaired) electrons. The molecule has 0 spiro atoms. The second-order valence-corrected chi connectivity index (χ2v) is 8.14. The van der Waals surface area contributed by atoms with Gasteiger partial charge in [0.15, 0.2) is 6.61 Å². The number of nitrogens with one attached hydrogen (secondary N) is 1. The summed E-state index contributed by atoms with van der Waals surface area (Å²) in [6.45, 7) is 5.50. The maximum absolute atomic E-state index is 12.7. The van der Waals surface area contributed by atoms with Crippen molar-refractivity contribution in [2.45, 2.75) is 13.3 Å². The summed E-state index contributed by atoms with van der Waals surface area (Å²) in [6, 6.07) is 25.9. The molecule has 1 N–H and O–H groups in total. The number of fused-ring (bicyclic) bond motifs is 1. The number of ether oxygens (including phenoxy) is 2. The first-order valence-electron chi connectivity index (χ1n) is 11.5. The van der Waals surface area contributed by atoms with Crippen LogP contribution in [0.3, 0.4) is 0 Å². The molecule has 1 amide bonds. The minimum Gasteiger partial charge on any atom is -0.483 e. The van der Waals surface area contributed by atoms with E-state index in [0.29, 0.717) is 29.0 Å². The van der Waals surface area contributed by atoms with Crippen LogP contribution >= 0.6 is 0 Å². The van der Waals surface area contributed by atoms with Crippen LogP contribution < -0.4 is 14.9 Å². The Kier molecular flexibility index (Phi) is 7.88. The second kappa shape index (κ2) is 11.6. The summed E-state index contributed by atoms with van der Waals surface area (Å²) in [5.41, 5.74) is 5.49. The van der Waals surface area contributed by atoms with Crippen LogP contribution in [-0.4, -0.2) is 24.7 Å². The third-order valence-corrected chi connectivity index (χ3v) is 5.50. The highest BCUT2D eigenvalue weighted by atomic mass is 16.5. The lowest BCUT2D eigenvalue weighted by molar-refractivity contribution is -0.123. The first kappa shape index (κ1) is 24.4. The number of hydrogen-bond acceptors (Lipinski definition) is 5. The first-order valence-corrected chi connectivity index (χ1v) is 11.5. The van der Waals surface area contributed by atoms with Gasteiger partial charge in [-0.2, -0.15) is 5.10 Å². The van der Waals surface area contributed by atoms with E-state index in [4.69, 9.17) is 9.47 Å². The van der Waals surface area contributed by atoms with Crippen molar-refractivity contribution in [3.8, 4) is 11.5 Å². The zero-order valence-electron chi connectivity index (χ0n) is 19.9. The van der Waals surface area contributed by atoms with Crippen LogP contribution in [0.25, 0.3) is 10.8 Å². The number of para-hydroxylation sites is 1. The molecule has 0 saturated carbocycles. The summed E-state index contributed by atoms with van der Waals surface area (Å²) in [5, 5.41) is 5.88. The molecule has 0 heterocycles. The number of hydrazone groups is 1. The lowest BCUT2D eigenvalue weighted by Crippen LogP contribution is -2.25. The fourth-order valence-electron chi connectivity index (χ4n) is 3.66. The number of aryl methyl sites for hydroxylation is 1. The van der Waals surface area contributed by atoms with Gasteiger partial charge in [0.25, 0.3) is 5.91 Å². The van der Waals surface area contributed by atoms with Crippen molar-refractivity contribution >= 4 is 28.9 Å². The Hall–Kier alpha value is -4.71. The lowest BCUT2D eigenvalue weighted by atomic mass is 10.0. The maximum atomic E-state index is 12.7. The molecule has 4 rings (SSSR count). The molecule has 0 aliphatic rings. The van der Waals surface area contributed by atoms with E-state index < -0.39 is 11.9 Å². The summed E-state index contributed by atoms with van der Waals surface area (Å²) in [4.78, 5) is 25.1. The van der Waals surface area contributed by atoms with Crippen LogP contribution in [-0.2, 0) is 11.2 Å². The van der Waals surface area contributed by atoms with Gasteiger partial charge in [-0.1, -0.05) is 72.3 Å². The third kappa shape index (κ3) is 6.04. The van der Waals surface area contributed by atoms with Gasteiger partial charge in [-0.05, 0) is 53.9 Å². The summed E-state index contributed by atoms with van der Waals surface area (Å²) in [5.74, 6) is 0.0661. The molecule has 6 heteroatoms. The highest BCUT2D eigenvalue weighted by Gasteiger charge is 2.14. The van der Waals surface area contributed by atoms with Gasteiger partial charge in [-0.25, -0.2) is 10.2 Å². The average Bonchev–Trinajstić information content (AvgIpc) is 2.89.